The first-order valence-corrected chi connectivity index (χ1v) is 9.38. The van der Waals surface area contributed by atoms with E-state index in [0.717, 1.165) is 10.5 Å². The van der Waals surface area contributed by atoms with Crippen LogP contribution < -0.4 is 14.8 Å². The summed E-state index contributed by atoms with van der Waals surface area (Å²) in [7, 11) is 3.16. The molecule has 0 unspecified atom stereocenters. The van der Waals surface area contributed by atoms with Crippen LogP contribution in [0.15, 0.2) is 83.8 Å². The summed E-state index contributed by atoms with van der Waals surface area (Å²) in [6, 6.07) is 25.0. The number of carbonyl (C=O) groups excluding carboxylic acids is 1. The molecule has 5 heteroatoms. The minimum Gasteiger partial charge on any atom is -0.497 e. The molecule has 1 atom stereocenters. The molecule has 0 bridgehead atoms. The lowest BCUT2D eigenvalue weighted by atomic mass is 10.1. The third-order valence-corrected chi connectivity index (χ3v) is 5.22. The Labute approximate surface area is 163 Å². The van der Waals surface area contributed by atoms with Crippen LogP contribution in [0.4, 0.5) is 5.69 Å². The molecule has 1 N–H and O–H groups in total. The molecule has 0 heterocycles. The predicted octanol–water partition coefficient (Wildman–Crippen LogP) is 5.18. The van der Waals surface area contributed by atoms with Gasteiger partial charge in [0.05, 0.1) is 14.2 Å². The quantitative estimate of drug-likeness (QED) is 0.575. The van der Waals surface area contributed by atoms with Crippen molar-refractivity contribution in [2.75, 3.05) is 19.5 Å². The van der Waals surface area contributed by atoms with Gasteiger partial charge >= 0.3 is 0 Å². The van der Waals surface area contributed by atoms with Crippen LogP contribution in [-0.4, -0.2) is 20.1 Å². The lowest BCUT2D eigenvalue weighted by molar-refractivity contribution is -0.115. The van der Waals surface area contributed by atoms with Crippen molar-refractivity contribution in [1.29, 1.82) is 0 Å². The third-order valence-electron chi connectivity index (χ3n) is 3.96. The number of thioether (sulfide) groups is 1. The van der Waals surface area contributed by atoms with Crippen molar-refractivity contribution in [2.45, 2.75) is 10.1 Å². The molecule has 1 amide bonds. The fourth-order valence-electron chi connectivity index (χ4n) is 2.62. The van der Waals surface area contributed by atoms with Crippen molar-refractivity contribution >= 4 is 23.4 Å². The molecule has 0 saturated carbocycles. The zero-order valence-corrected chi connectivity index (χ0v) is 16.0. The van der Waals surface area contributed by atoms with E-state index in [4.69, 9.17) is 9.47 Å². The number of carbonyl (C=O) groups is 1. The molecular formula is C22H21NO3S. The van der Waals surface area contributed by atoms with Crippen molar-refractivity contribution in [3.8, 4) is 11.5 Å². The Balaban J connectivity index is 1.87. The van der Waals surface area contributed by atoms with Gasteiger partial charge in [-0.15, -0.1) is 11.8 Å². The molecule has 4 nitrogen and oxygen atoms in total. The molecule has 0 fully saturated rings. The Morgan fingerprint density at radius 3 is 1.96 bits per heavy atom. The molecule has 0 aliphatic rings. The second-order valence-electron chi connectivity index (χ2n) is 5.81. The number of methoxy groups -OCH3 is 2. The molecule has 138 valence electrons. The topological polar surface area (TPSA) is 47.6 Å². The summed E-state index contributed by atoms with van der Waals surface area (Å²) in [6.07, 6.45) is 0. The maximum Gasteiger partial charge on any atom is 0.242 e. The van der Waals surface area contributed by atoms with Gasteiger partial charge in [0.1, 0.15) is 16.7 Å². The summed E-state index contributed by atoms with van der Waals surface area (Å²) in [6.45, 7) is 0. The van der Waals surface area contributed by atoms with Crippen molar-refractivity contribution in [3.05, 3.63) is 84.4 Å². The Kier molecular flexibility index (Phi) is 6.39. The fourth-order valence-corrected chi connectivity index (χ4v) is 3.67. The van der Waals surface area contributed by atoms with Gasteiger partial charge in [-0.1, -0.05) is 48.5 Å². The maximum atomic E-state index is 13.1. The van der Waals surface area contributed by atoms with Gasteiger partial charge in [0, 0.05) is 28.8 Å². The van der Waals surface area contributed by atoms with Gasteiger partial charge in [-0.3, -0.25) is 4.79 Å². The second-order valence-corrected chi connectivity index (χ2v) is 6.99. The number of nitrogens with one attached hydrogen (secondary N) is 1. The monoisotopic (exact) mass is 379 g/mol. The van der Waals surface area contributed by atoms with Gasteiger partial charge in [-0.05, 0) is 17.7 Å². The van der Waals surface area contributed by atoms with E-state index in [2.05, 4.69) is 5.32 Å². The van der Waals surface area contributed by atoms with E-state index in [1.54, 1.807) is 32.4 Å². The predicted molar refractivity (Wildman–Crippen MR) is 110 cm³/mol. The van der Waals surface area contributed by atoms with Crippen LogP contribution in [0, 0.1) is 0 Å². The summed E-state index contributed by atoms with van der Waals surface area (Å²) < 4.78 is 10.6. The molecule has 0 aliphatic carbocycles. The van der Waals surface area contributed by atoms with Gasteiger partial charge in [0.25, 0.3) is 0 Å². The number of benzene rings is 3. The lowest BCUT2D eigenvalue weighted by Gasteiger charge is -2.18. The molecule has 3 aromatic rings. The minimum absolute atomic E-state index is 0.106. The fraction of sp³-hybridized carbons (Fsp3) is 0.136. The minimum atomic E-state index is -0.384. The van der Waals surface area contributed by atoms with Crippen LogP contribution in [0.5, 0.6) is 11.5 Å². The van der Waals surface area contributed by atoms with Crippen LogP contribution in [0.3, 0.4) is 0 Å². The Morgan fingerprint density at radius 2 is 1.41 bits per heavy atom. The van der Waals surface area contributed by atoms with E-state index in [0.29, 0.717) is 17.2 Å². The van der Waals surface area contributed by atoms with Crippen molar-refractivity contribution in [2.24, 2.45) is 0 Å². The van der Waals surface area contributed by atoms with Gasteiger partial charge < -0.3 is 14.8 Å². The summed E-state index contributed by atoms with van der Waals surface area (Å²) in [5, 5.41) is 2.61. The largest absolute Gasteiger partial charge is 0.497 e. The number of amides is 1. The first-order chi connectivity index (χ1) is 13.2. The first-order valence-electron chi connectivity index (χ1n) is 8.50. The van der Waals surface area contributed by atoms with Gasteiger partial charge in [-0.2, -0.15) is 0 Å². The van der Waals surface area contributed by atoms with E-state index in [1.165, 1.54) is 11.8 Å². The van der Waals surface area contributed by atoms with E-state index >= 15 is 0 Å². The highest BCUT2D eigenvalue weighted by molar-refractivity contribution is 8.00. The molecule has 27 heavy (non-hydrogen) atoms. The average molecular weight is 379 g/mol. The smallest absolute Gasteiger partial charge is 0.242 e. The van der Waals surface area contributed by atoms with Crippen LogP contribution in [0.2, 0.25) is 0 Å². The van der Waals surface area contributed by atoms with E-state index in [1.807, 2.05) is 60.7 Å². The van der Waals surface area contributed by atoms with Gasteiger partial charge in [0.15, 0.2) is 0 Å². The number of ether oxygens (including phenoxy) is 2. The highest BCUT2D eigenvalue weighted by Gasteiger charge is 2.22. The number of rotatable bonds is 7. The number of hydrogen-bond acceptors (Lipinski definition) is 4. The second kappa shape index (κ2) is 9.14. The molecule has 0 saturated heterocycles. The number of hydrogen-bond donors (Lipinski definition) is 1. The SMILES string of the molecule is COc1cc(NC(=O)[C@H](Sc2ccccc2)c2ccccc2)cc(OC)c1. The zero-order valence-electron chi connectivity index (χ0n) is 15.2. The lowest BCUT2D eigenvalue weighted by Crippen LogP contribution is -2.19. The summed E-state index contributed by atoms with van der Waals surface area (Å²) in [5.41, 5.74) is 1.57. The van der Waals surface area contributed by atoms with E-state index < -0.39 is 0 Å². The standard InChI is InChI=1S/C22H21NO3S/c1-25-18-13-17(14-19(15-18)26-2)23-22(24)21(16-9-5-3-6-10-16)27-20-11-7-4-8-12-20/h3-15,21H,1-2H3,(H,23,24)/t21-/m1/s1. The zero-order chi connectivity index (χ0) is 19.1. The van der Waals surface area contributed by atoms with Crippen LogP contribution in [0.1, 0.15) is 10.8 Å². The summed E-state index contributed by atoms with van der Waals surface area (Å²) in [5.74, 6) is 1.14. The molecule has 3 aromatic carbocycles. The molecule has 0 radical (unpaired) electrons. The molecule has 0 spiro atoms. The molecule has 0 aromatic heterocycles. The van der Waals surface area contributed by atoms with Crippen LogP contribution >= 0.6 is 11.8 Å². The molecular weight excluding hydrogens is 358 g/mol. The molecule has 3 rings (SSSR count). The van der Waals surface area contributed by atoms with Gasteiger partial charge in [-0.25, -0.2) is 0 Å². The highest BCUT2D eigenvalue weighted by Crippen LogP contribution is 2.36. The van der Waals surface area contributed by atoms with Gasteiger partial charge in [0.2, 0.25) is 5.91 Å². The third kappa shape index (κ3) is 5.05. The summed E-state index contributed by atoms with van der Waals surface area (Å²) >= 11 is 1.51. The van der Waals surface area contributed by atoms with Crippen molar-refractivity contribution in [1.82, 2.24) is 0 Å². The normalized spacial score (nSPS) is 11.5. The highest BCUT2D eigenvalue weighted by atomic mass is 32.2. The Bertz CT molecular complexity index is 862. The van der Waals surface area contributed by atoms with Crippen molar-refractivity contribution in [3.63, 3.8) is 0 Å². The van der Waals surface area contributed by atoms with E-state index in [9.17, 15) is 4.79 Å². The average Bonchev–Trinajstić information content (AvgIpc) is 2.73. The first kappa shape index (κ1) is 18.9. The Morgan fingerprint density at radius 1 is 0.852 bits per heavy atom. The van der Waals surface area contributed by atoms with Crippen LogP contribution in [-0.2, 0) is 4.79 Å². The van der Waals surface area contributed by atoms with E-state index in [-0.39, 0.29) is 11.2 Å². The summed E-state index contributed by atoms with van der Waals surface area (Å²) in [4.78, 5) is 14.1. The van der Waals surface area contributed by atoms with Crippen LogP contribution in [0.25, 0.3) is 0 Å². The Hall–Kier alpha value is -2.92. The molecule has 0 aliphatic heterocycles. The maximum absolute atomic E-state index is 13.1. The van der Waals surface area contributed by atoms with Crippen molar-refractivity contribution < 1.29 is 14.3 Å². The number of anilines is 1.